The lowest BCUT2D eigenvalue weighted by Crippen LogP contribution is -2.18. The van der Waals surface area contributed by atoms with E-state index in [2.05, 4.69) is 41.7 Å². The summed E-state index contributed by atoms with van der Waals surface area (Å²) < 4.78 is 0. The highest BCUT2D eigenvalue weighted by molar-refractivity contribution is 7.99. The molecule has 27 heavy (non-hydrogen) atoms. The number of hydrogen-bond acceptors (Lipinski definition) is 3. The van der Waals surface area contributed by atoms with Crippen molar-refractivity contribution in [2.24, 2.45) is 5.10 Å². The molecule has 0 radical (unpaired) electrons. The van der Waals surface area contributed by atoms with Crippen molar-refractivity contribution in [3.05, 3.63) is 93.5 Å². The Morgan fingerprint density at radius 3 is 2.22 bits per heavy atom. The SMILES string of the molecule is Cc1ccc(Sc2ccc(/C=N\NC(=O)c3ccc(Cl)cc3Cl)cc2)cc1. The molecule has 3 nitrogen and oxygen atoms in total. The van der Waals surface area contributed by atoms with Gasteiger partial charge in [0, 0.05) is 14.8 Å². The summed E-state index contributed by atoms with van der Waals surface area (Å²) >= 11 is 13.5. The van der Waals surface area contributed by atoms with E-state index < -0.39 is 0 Å². The maximum atomic E-state index is 12.1. The molecule has 136 valence electrons. The Labute approximate surface area is 172 Å². The smallest absolute Gasteiger partial charge is 0.267 e. The highest BCUT2D eigenvalue weighted by Crippen LogP contribution is 2.27. The summed E-state index contributed by atoms with van der Waals surface area (Å²) in [6, 6.07) is 21.0. The van der Waals surface area contributed by atoms with E-state index in [-0.39, 0.29) is 10.9 Å². The number of benzene rings is 3. The van der Waals surface area contributed by atoms with E-state index in [0.717, 1.165) is 10.5 Å². The van der Waals surface area contributed by atoms with Gasteiger partial charge in [0.25, 0.3) is 5.91 Å². The zero-order chi connectivity index (χ0) is 19.2. The van der Waals surface area contributed by atoms with E-state index in [1.54, 1.807) is 30.1 Å². The van der Waals surface area contributed by atoms with Gasteiger partial charge in [0.15, 0.2) is 0 Å². The molecule has 0 aliphatic carbocycles. The number of rotatable bonds is 5. The first-order valence-corrected chi connectivity index (χ1v) is 9.71. The standard InChI is InChI=1S/C21H16Cl2N2OS/c1-14-2-7-17(8-3-14)27-18-9-4-15(5-10-18)13-24-25-21(26)19-11-6-16(22)12-20(19)23/h2-13H,1H3,(H,25,26)/b24-13-. The fourth-order valence-electron chi connectivity index (χ4n) is 2.26. The van der Waals surface area contributed by atoms with Gasteiger partial charge < -0.3 is 0 Å². The molecule has 0 fully saturated rings. The van der Waals surface area contributed by atoms with Crippen molar-refractivity contribution in [2.75, 3.05) is 0 Å². The fourth-order valence-corrected chi connectivity index (χ4v) is 3.57. The third-order valence-corrected chi connectivity index (χ3v) is 5.26. The average molecular weight is 415 g/mol. The summed E-state index contributed by atoms with van der Waals surface area (Å²) in [6.45, 7) is 2.07. The van der Waals surface area contributed by atoms with E-state index in [9.17, 15) is 4.79 Å². The van der Waals surface area contributed by atoms with Crippen LogP contribution in [0.2, 0.25) is 10.0 Å². The first-order chi connectivity index (χ1) is 13.0. The van der Waals surface area contributed by atoms with Gasteiger partial charge in [-0.1, -0.05) is 64.8 Å². The molecule has 0 unspecified atom stereocenters. The van der Waals surface area contributed by atoms with Crippen molar-refractivity contribution in [3.63, 3.8) is 0 Å². The molecule has 0 aliphatic heterocycles. The van der Waals surface area contributed by atoms with E-state index in [0.29, 0.717) is 10.6 Å². The third-order valence-electron chi connectivity index (χ3n) is 3.69. The lowest BCUT2D eigenvalue weighted by molar-refractivity contribution is 0.0955. The van der Waals surface area contributed by atoms with Crippen LogP contribution in [-0.4, -0.2) is 12.1 Å². The number of hydrogen-bond donors (Lipinski definition) is 1. The molecule has 0 aromatic heterocycles. The van der Waals surface area contributed by atoms with Crippen LogP contribution in [0.15, 0.2) is 81.6 Å². The molecule has 3 aromatic rings. The number of halogens is 2. The molecule has 3 aromatic carbocycles. The Bertz CT molecular complexity index is 970. The van der Waals surface area contributed by atoms with Gasteiger partial charge in [0.1, 0.15) is 0 Å². The molecule has 0 atom stereocenters. The van der Waals surface area contributed by atoms with Crippen LogP contribution in [0.3, 0.4) is 0 Å². The maximum Gasteiger partial charge on any atom is 0.272 e. The lowest BCUT2D eigenvalue weighted by atomic mass is 10.2. The summed E-state index contributed by atoms with van der Waals surface area (Å²) in [5.74, 6) is -0.389. The van der Waals surface area contributed by atoms with Crippen LogP contribution >= 0.6 is 35.0 Å². The Hall–Kier alpha value is -2.27. The van der Waals surface area contributed by atoms with Crippen LogP contribution in [-0.2, 0) is 0 Å². The van der Waals surface area contributed by atoms with E-state index >= 15 is 0 Å². The Morgan fingerprint density at radius 1 is 0.963 bits per heavy atom. The first kappa shape index (κ1) is 19.5. The van der Waals surface area contributed by atoms with Crippen LogP contribution in [0, 0.1) is 6.92 Å². The van der Waals surface area contributed by atoms with Crippen molar-refractivity contribution in [2.45, 2.75) is 16.7 Å². The van der Waals surface area contributed by atoms with Gasteiger partial charge in [0.2, 0.25) is 0 Å². The van der Waals surface area contributed by atoms with E-state index in [1.807, 2.05) is 24.3 Å². The van der Waals surface area contributed by atoms with Gasteiger partial charge in [-0.15, -0.1) is 0 Å². The summed E-state index contributed by atoms with van der Waals surface area (Å²) in [6.07, 6.45) is 1.59. The first-order valence-electron chi connectivity index (χ1n) is 8.14. The molecule has 0 saturated heterocycles. The van der Waals surface area contributed by atoms with Crippen LogP contribution in [0.5, 0.6) is 0 Å². The minimum Gasteiger partial charge on any atom is -0.267 e. The minimum atomic E-state index is -0.389. The third kappa shape index (κ3) is 5.60. The number of carbonyl (C=O) groups is 1. The number of hydrazone groups is 1. The zero-order valence-electron chi connectivity index (χ0n) is 14.4. The van der Waals surface area contributed by atoms with Crippen LogP contribution in [0.1, 0.15) is 21.5 Å². The zero-order valence-corrected chi connectivity index (χ0v) is 16.8. The monoisotopic (exact) mass is 414 g/mol. The predicted molar refractivity (Wildman–Crippen MR) is 113 cm³/mol. The summed E-state index contributed by atoms with van der Waals surface area (Å²) in [5.41, 5.74) is 4.91. The number of nitrogens with zero attached hydrogens (tertiary/aromatic N) is 1. The molecule has 0 heterocycles. The highest BCUT2D eigenvalue weighted by atomic mass is 35.5. The van der Waals surface area contributed by atoms with Gasteiger partial charge in [-0.3, -0.25) is 4.79 Å². The maximum absolute atomic E-state index is 12.1. The molecular weight excluding hydrogens is 399 g/mol. The van der Waals surface area contributed by atoms with Gasteiger partial charge in [-0.2, -0.15) is 5.10 Å². The molecule has 0 bridgehead atoms. The van der Waals surface area contributed by atoms with Crippen LogP contribution in [0.25, 0.3) is 0 Å². The number of amides is 1. The summed E-state index contributed by atoms with van der Waals surface area (Å²) in [4.78, 5) is 14.4. The molecule has 3 rings (SSSR count). The van der Waals surface area contributed by atoms with E-state index in [1.165, 1.54) is 16.5 Å². The quantitative estimate of drug-likeness (QED) is 0.397. The van der Waals surface area contributed by atoms with Gasteiger partial charge >= 0.3 is 0 Å². The van der Waals surface area contributed by atoms with Crippen molar-refractivity contribution < 1.29 is 4.79 Å². The number of nitrogens with one attached hydrogen (secondary N) is 1. The minimum absolute atomic E-state index is 0.285. The second-order valence-corrected chi connectivity index (χ2v) is 7.80. The second kappa shape index (κ2) is 9.09. The van der Waals surface area contributed by atoms with Crippen LogP contribution < -0.4 is 5.43 Å². The number of aryl methyl sites for hydroxylation is 1. The van der Waals surface area contributed by atoms with Crippen molar-refractivity contribution in [1.29, 1.82) is 0 Å². The number of carbonyl (C=O) groups excluding carboxylic acids is 1. The van der Waals surface area contributed by atoms with E-state index in [4.69, 9.17) is 23.2 Å². The largest absolute Gasteiger partial charge is 0.272 e. The molecule has 0 saturated carbocycles. The molecule has 1 amide bonds. The normalized spacial score (nSPS) is 10.9. The average Bonchev–Trinajstić information content (AvgIpc) is 2.65. The topological polar surface area (TPSA) is 41.5 Å². The summed E-state index contributed by atoms with van der Waals surface area (Å²) in [5, 5.41) is 4.74. The van der Waals surface area contributed by atoms with Gasteiger partial charge in [-0.05, 0) is 55.0 Å². The Kier molecular flexibility index (Phi) is 6.56. The molecule has 0 aliphatic rings. The molecular formula is C21H16Cl2N2OS. The van der Waals surface area contributed by atoms with Gasteiger partial charge in [-0.25, -0.2) is 5.43 Å². The molecule has 0 spiro atoms. The molecule has 6 heteroatoms. The van der Waals surface area contributed by atoms with Crippen LogP contribution in [0.4, 0.5) is 0 Å². The van der Waals surface area contributed by atoms with Crippen molar-refractivity contribution in [1.82, 2.24) is 5.43 Å². The van der Waals surface area contributed by atoms with Crippen molar-refractivity contribution in [3.8, 4) is 0 Å². The predicted octanol–water partition coefficient (Wildman–Crippen LogP) is 6.22. The Balaban J connectivity index is 1.59. The lowest BCUT2D eigenvalue weighted by Gasteiger charge is -2.04. The molecule has 1 N–H and O–H groups in total. The van der Waals surface area contributed by atoms with Crippen molar-refractivity contribution >= 4 is 47.1 Å². The van der Waals surface area contributed by atoms with Gasteiger partial charge in [0.05, 0.1) is 16.8 Å². The second-order valence-electron chi connectivity index (χ2n) is 5.81. The highest BCUT2D eigenvalue weighted by Gasteiger charge is 2.09. The fraction of sp³-hybridized carbons (Fsp3) is 0.0476. The summed E-state index contributed by atoms with van der Waals surface area (Å²) in [7, 11) is 0. The Morgan fingerprint density at radius 2 is 1.59 bits per heavy atom.